The maximum atomic E-state index is 12.6. The average Bonchev–Trinajstić information content (AvgIpc) is 3.36. The zero-order valence-electron chi connectivity index (χ0n) is 14.9. The Labute approximate surface area is 163 Å². The lowest BCUT2D eigenvalue weighted by Gasteiger charge is -2.12. The lowest BCUT2D eigenvalue weighted by Crippen LogP contribution is -2.37. The fraction of sp³-hybridized carbons (Fsp3) is 0.294. The Morgan fingerprint density at radius 1 is 1.29 bits per heavy atom. The van der Waals surface area contributed by atoms with Crippen LogP contribution in [0.1, 0.15) is 16.3 Å². The lowest BCUT2D eigenvalue weighted by molar-refractivity contribution is -0.140. The molecule has 0 spiro atoms. The summed E-state index contributed by atoms with van der Waals surface area (Å²) in [5.74, 6) is 1.30. The van der Waals surface area contributed by atoms with Crippen molar-refractivity contribution < 1.29 is 13.2 Å². The van der Waals surface area contributed by atoms with Gasteiger partial charge in [-0.05, 0) is 17.7 Å². The number of halogens is 3. The van der Waals surface area contributed by atoms with Crippen LogP contribution in [-0.4, -0.2) is 39.1 Å². The molecule has 0 aliphatic carbocycles. The SMILES string of the molecule is CN=C(NCCc1nc(C(F)(F)F)cs1)NCc1ccnc(-n2ccnc2)c1. The standard InChI is InChI=1S/C17H18F3N7S/c1-21-16(24-5-3-15-26-13(10-28-15)17(18,19)20)25-9-12-2-4-23-14(8-12)27-7-6-22-11-27/h2,4,6-8,10-11H,3,5,9H2,1H3,(H2,21,24,25). The van der Waals surface area contributed by atoms with E-state index in [1.165, 1.54) is 0 Å². The summed E-state index contributed by atoms with van der Waals surface area (Å²) >= 11 is 1.00. The third-order valence-electron chi connectivity index (χ3n) is 3.74. The van der Waals surface area contributed by atoms with Crippen LogP contribution in [0.15, 0.2) is 47.4 Å². The number of hydrogen-bond acceptors (Lipinski definition) is 5. The smallest absolute Gasteiger partial charge is 0.356 e. The van der Waals surface area contributed by atoms with Crippen molar-refractivity contribution >= 4 is 17.3 Å². The lowest BCUT2D eigenvalue weighted by atomic mass is 10.2. The van der Waals surface area contributed by atoms with Gasteiger partial charge >= 0.3 is 6.18 Å². The van der Waals surface area contributed by atoms with Crippen LogP contribution in [0.3, 0.4) is 0 Å². The molecule has 0 aromatic carbocycles. The normalized spacial score (nSPS) is 12.2. The minimum atomic E-state index is -4.40. The molecule has 2 N–H and O–H groups in total. The van der Waals surface area contributed by atoms with Crippen molar-refractivity contribution in [2.75, 3.05) is 13.6 Å². The number of imidazole rings is 1. The summed E-state index contributed by atoms with van der Waals surface area (Å²) in [5, 5.41) is 7.69. The minimum Gasteiger partial charge on any atom is -0.356 e. The van der Waals surface area contributed by atoms with Crippen LogP contribution in [0.5, 0.6) is 0 Å². The highest BCUT2D eigenvalue weighted by Crippen LogP contribution is 2.29. The Morgan fingerprint density at radius 3 is 2.82 bits per heavy atom. The largest absolute Gasteiger partial charge is 0.434 e. The minimum absolute atomic E-state index is 0.376. The van der Waals surface area contributed by atoms with Crippen molar-refractivity contribution in [3.05, 3.63) is 58.7 Å². The number of nitrogens with one attached hydrogen (secondary N) is 2. The molecule has 0 aliphatic rings. The predicted octanol–water partition coefficient (Wildman–Crippen LogP) is 2.65. The van der Waals surface area contributed by atoms with E-state index < -0.39 is 11.9 Å². The number of aliphatic imine (C=N–C) groups is 1. The van der Waals surface area contributed by atoms with E-state index >= 15 is 0 Å². The van der Waals surface area contributed by atoms with Gasteiger partial charge in [0.2, 0.25) is 0 Å². The molecule has 0 aliphatic heterocycles. The van der Waals surface area contributed by atoms with Gasteiger partial charge in [-0.1, -0.05) is 0 Å². The summed E-state index contributed by atoms with van der Waals surface area (Å²) in [6, 6.07) is 3.81. The summed E-state index contributed by atoms with van der Waals surface area (Å²) in [4.78, 5) is 16.0. The Kier molecular flexibility index (Phi) is 6.24. The summed E-state index contributed by atoms with van der Waals surface area (Å²) in [6.45, 7) is 0.931. The van der Waals surface area contributed by atoms with Crippen molar-refractivity contribution in [3.8, 4) is 5.82 Å². The summed E-state index contributed by atoms with van der Waals surface area (Å²) in [6.07, 6.45) is 2.84. The molecule has 0 atom stereocenters. The molecule has 0 saturated heterocycles. The topological polar surface area (TPSA) is 80.0 Å². The molecule has 0 fully saturated rings. The third-order valence-corrected chi connectivity index (χ3v) is 4.64. The van der Waals surface area contributed by atoms with Crippen molar-refractivity contribution in [2.24, 2.45) is 4.99 Å². The summed E-state index contributed by atoms with van der Waals surface area (Å²) in [7, 11) is 1.63. The average molecular weight is 409 g/mol. The highest BCUT2D eigenvalue weighted by molar-refractivity contribution is 7.09. The van der Waals surface area contributed by atoms with E-state index in [4.69, 9.17) is 0 Å². The zero-order valence-corrected chi connectivity index (χ0v) is 15.8. The van der Waals surface area contributed by atoms with E-state index in [-0.39, 0.29) is 0 Å². The van der Waals surface area contributed by atoms with Crippen LogP contribution >= 0.6 is 11.3 Å². The van der Waals surface area contributed by atoms with Gasteiger partial charge < -0.3 is 10.6 Å². The predicted molar refractivity (Wildman–Crippen MR) is 100 cm³/mol. The summed E-state index contributed by atoms with van der Waals surface area (Å²) < 4.78 is 39.5. The van der Waals surface area contributed by atoms with Gasteiger partial charge in [-0.2, -0.15) is 13.2 Å². The maximum absolute atomic E-state index is 12.6. The molecule has 28 heavy (non-hydrogen) atoms. The van der Waals surface area contributed by atoms with Gasteiger partial charge in [0.05, 0.1) is 5.01 Å². The first-order chi connectivity index (χ1) is 13.5. The zero-order chi connectivity index (χ0) is 20.0. The molecule has 3 aromatic rings. The number of guanidine groups is 1. The molecule has 3 aromatic heterocycles. The van der Waals surface area contributed by atoms with E-state index in [0.29, 0.717) is 30.5 Å². The molecule has 3 rings (SSSR count). The van der Waals surface area contributed by atoms with Crippen LogP contribution in [0, 0.1) is 0 Å². The molecule has 0 saturated carbocycles. The van der Waals surface area contributed by atoms with E-state index in [0.717, 1.165) is 28.1 Å². The monoisotopic (exact) mass is 409 g/mol. The molecule has 11 heteroatoms. The molecule has 148 valence electrons. The number of aromatic nitrogens is 4. The number of hydrogen-bond donors (Lipinski definition) is 2. The van der Waals surface area contributed by atoms with Gasteiger partial charge in [-0.25, -0.2) is 15.0 Å². The van der Waals surface area contributed by atoms with Crippen LogP contribution in [0.4, 0.5) is 13.2 Å². The first-order valence-corrected chi connectivity index (χ1v) is 9.23. The van der Waals surface area contributed by atoms with Crippen molar-refractivity contribution in [1.82, 2.24) is 30.2 Å². The maximum Gasteiger partial charge on any atom is 0.434 e. The van der Waals surface area contributed by atoms with Crippen LogP contribution < -0.4 is 10.6 Å². The Hall–Kier alpha value is -2.95. The number of nitrogens with zero attached hydrogens (tertiary/aromatic N) is 5. The Morgan fingerprint density at radius 2 is 2.14 bits per heavy atom. The third kappa shape index (κ3) is 5.28. The van der Waals surface area contributed by atoms with Gasteiger partial charge in [-0.15, -0.1) is 11.3 Å². The van der Waals surface area contributed by atoms with Crippen LogP contribution in [0.2, 0.25) is 0 Å². The molecule has 7 nitrogen and oxygen atoms in total. The number of thiazole rings is 1. The molecular formula is C17H18F3N7S. The van der Waals surface area contributed by atoms with E-state index in [9.17, 15) is 13.2 Å². The molecular weight excluding hydrogens is 391 g/mol. The molecule has 3 heterocycles. The number of rotatable bonds is 6. The van der Waals surface area contributed by atoms with Crippen LogP contribution in [0.25, 0.3) is 5.82 Å². The van der Waals surface area contributed by atoms with Gasteiger partial charge in [0.1, 0.15) is 12.1 Å². The number of alkyl halides is 3. The molecule has 0 radical (unpaired) electrons. The second-order valence-corrected chi connectivity index (χ2v) is 6.66. The second kappa shape index (κ2) is 8.83. The van der Waals surface area contributed by atoms with Gasteiger partial charge in [0.25, 0.3) is 0 Å². The van der Waals surface area contributed by atoms with Crippen LogP contribution in [-0.2, 0) is 19.1 Å². The van der Waals surface area contributed by atoms with Gasteiger partial charge in [0.15, 0.2) is 11.7 Å². The Bertz CT molecular complexity index is 919. The van der Waals surface area contributed by atoms with Gasteiger partial charge in [-0.3, -0.25) is 9.56 Å². The Balaban J connectivity index is 1.49. The fourth-order valence-corrected chi connectivity index (χ4v) is 3.16. The van der Waals surface area contributed by atoms with Crippen molar-refractivity contribution in [2.45, 2.75) is 19.1 Å². The first-order valence-electron chi connectivity index (χ1n) is 8.35. The van der Waals surface area contributed by atoms with Gasteiger partial charge in [0, 0.05) is 50.5 Å². The summed E-state index contributed by atoms with van der Waals surface area (Å²) in [5.41, 5.74) is 0.151. The first kappa shape index (κ1) is 19.8. The highest BCUT2D eigenvalue weighted by Gasteiger charge is 2.33. The van der Waals surface area contributed by atoms with E-state index in [2.05, 4.69) is 30.6 Å². The highest BCUT2D eigenvalue weighted by atomic mass is 32.1. The van der Waals surface area contributed by atoms with E-state index in [1.807, 2.05) is 18.3 Å². The van der Waals surface area contributed by atoms with Crippen molar-refractivity contribution in [3.63, 3.8) is 0 Å². The second-order valence-electron chi connectivity index (χ2n) is 5.72. The molecule has 0 amide bonds. The fourth-order valence-electron chi connectivity index (χ4n) is 2.36. The number of pyridine rings is 1. The van der Waals surface area contributed by atoms with E-state index in [1.54, 1.807) is 30.3 Å². The molecule has 0 bridgehead atoms. The van der Waals surface area contributed by atoms with Crippen molar-refractivity contribution in [1.29, 1.82) is 0 Å². The quantitative estimate of drug-likeness (QED) is 0.483. The molecule has 0 unspecified atom stereocenters.